The summed E-state index contributed by atoms with van der Waals surface area (Å²) < 4.78 is 7.00. The first kappa shape index (κ1) is 9.36. The second-order valence-corrected chi connectivity index (χ2v) is 3.91. The summed E-state index contributed by atoms with van der Waals surface area (Å²) in [7, 11) is 0. The second-order valence-electron chi connectivity index (χ2n) is 1.86. The number of alkyl halides is 1. The minimum atomic E-state index is 0.170. The molecule has 1 nitrogen and oxygen atoms in total. The largest absolute Gasteiger partial charge is 0.478 e. The van der Waals surface area contributed by atoms with Crippen molar-refractivity contribution in [3.63, 3.8) is 0 Å². The molecule has 0 aliphatic carbocycles. The van der Waals surface area contributed by atoms with Crippen LogP contribution in [0.15, 0.2) is 27.1 Å². The molecule has 0 radical (unpaired) electrons. The van der Waals surface area contributed by atoms with Gasteiger partial charge in [0.25, 0.3) is 0 Å². The molecule has 1 aromatic carbocycles. The molecule has 11 heavy (non-hydrogen) atoms. The van der Waals surface area contributed by atoms with E-state index in [9.17, 15) is 0 Å². The Hall–Kier alpha value is 0.270. The molecule has 0 spiro atoms. The maximum Gasteiger partial charge on any atom is 0.162 e. The van der Waals surface area contributed by atoms with Gasteiger partial charge in [-0.05, 0) is 18.2 Å². The van der Waals surface area contributed by atoms with Crippen LogP contribution in [0.1, 0.15) is 0 Å². The van der Waals surface area contributed by atoms with Gasteiger partial charge >= 0.3 is 0 Å². The Morgan fingerprint density at radius 2 is 1.73 bits per heavy atom. The smallest absolute Gasteiger partial charge is 0.162 e. The summed E-state index contributed by atoms with van der Waals surface area (Å²) in [5.74, 6) is 0.751. The first-order chi connectivity index (χ1) is 5.22. The molecular weight excluding hydrogens is 295 g/mol. The van der Waals surface area contributed by atoms with E-state index in [0.29, 0.717) is 0 Å². The van der Waals surface area contributed by atoms with E-state index in [-0.39, 0.29) is 6.07 Å². The molecule has 0 saturated heterocycles. The molecule has 0 aliphatic rings. The molecule has 0 bridgehead atoms. The predicted molar refractivity (Wildman–Crippen MR) is 53.2 cm³/mol. The number of hydrogen-bond acceptors (Lipinski definition) is 1. The third-order valence-corrected chi connectivity index (χ3v) is 2.08. The fourth-order valence-corrected chi connectivity index (χ4v) is 2.05. The molecule has 0 aromatic heterocycles. The van der Waals surface area contributed by atoms with Crippen LogP contribution in [0.3, 0.4) is 0 Å². The van der Waals surface area contributed by atoms with Gasteiger partial charge in [-0.2, -0.15) is 0 Å². The van der Waals surface area contributed by atoms with Crippen LogP contribution in [-0.2, 0) is 0 Å². The fraction of sp³-hybridized carbons (Fsp3) is 0.143. The lowest BCUT2D eigenvalue weighted by Crippen LogP contribution is -1.88. The van der Waals surface area contributed by atoms with Crippen LogP contribution >= 0.6 is 43.5 Å². The van der Waals surface area contributed by atoms with Crippen molar-refractivity contribution in [1.29, 1.82) is 0 Å². The summed E-state index contributed by atoms with van der Waals surface area (Å²) in [5, 5.41) is 0. The Labute approximate surface area is 86.9 Å². The van der Waals surface area contributed by atoms with E-state index in [1.54, 1.807) is 0 Å². The quantitative estimate of drug-likeness (QED) is 0.755. The Bertz CT molecular complexity index is 232. The lowest BCUT2D eigenvalue weighted by Gasteiger charge is -2.02. The van der Waals surface area contributed by atoms with Gasteiger partial charge in [0.15, 0.2) is 6.07 Å². The van der Waals surface area contributed by atoms with Crippen LogP contribution in [0.5, 0.6) is 5.75 Å². The van der Waals surface area contributed by atoms with E-state index in [4.69, 9.17) is 16.3 Å². The number of halogens is 3. The highest BCUT2D eigenvalue weighted by atomic mass is 79.9. The van der Waals surface area contributed by atoms with E-state index in [1.807, 2.05) is 18.2 Å². The van der Waals surface area contributed by atoms with Crippen molar-refractivity contribution in [2.24, 2.45) is 0 Å². The molecule has 0 aliphatic heterocycles. The highest BCUT2D eigenvalue weighted by Crippen LogP contribution is 2.24. The van der Waals surface area contributed by atoms with Gasteiger partial charge in [0.2, 0.25) is 0 Å². The average molecular weight is 300 g/mol. The monoisotopic (exact) mass is 298 g/mol. The van der Waals surface area contributed by atoms with Gasteiger partial charge in [0.05, 0.1) is 0 Å². The van der Waals surface area contributed by atoms with Crippen LogP contribution in [0.25, 0.3) is 0 Å². The Kier molecular flexibility index (Phi) is 3.69. The van der Waals surface area contributed by atoms with Crippen LogP contribution in [0.2, 0.25) is 0 Å². The molecule has 0 N–H and O–H groups in total. The van der Waals surface area contributed by atoms with Crippen molar-refractivity contribution in [3.05, 3.63) is 27.1 Å². The molecule has 0 saturated carbocycles. The molecular formula is C7H5Br2ClO. The van der Waals surface area contributed by atoms with E-state index in [2.05, 4.69) is 31.9 Å². The first-order valence-corrected chi connectivity index (χ1v) is 4.99. The summed E-state index contributed by atoms with van der Waals surface area (Å²) in [6.07, 6.45) is 0. The number of benzene rings is 1. The summed E-state index contributed by atoms with van der Waals surface area (Å²) in [6, 6.07) is 5.81. The zero-order valence-electron chi connectivity index (χ0n) is 5.48. The predicted octanol–water partition coefficient (Wildman–Crippen LogP) is 3.79. The molecule has 1 aromatic rings. The Balaban J connectivity index is 2.89. The van der Waals surface area contributed by atoms with Gasteiger partial charge in [0, 0.05) is 8.95 Å². The van der Waals surface area contributed by atoms with Crippen molar-refractivity contribution in [1.82, 2.24) is 0 Å². The lowest BCUT2D eigenvalue weighted by molar-refractivity contribution is 0.387. The minimum absolute atomic E-state index is 0.170. The van der Waals surface area contributed by atoms with E-state index in [1.165, 1.54) is 0 Å². The lowest BCUT2D eigenvalue weighted by atomic mass is 10.3. The standard InChI is InChI=1S/C7H5Br2ClO/c8-5-1-6(9)3-7(2-5)11-4-10/h1-3H,4H2. The maximum atomic E-state index is 5.39. The highest BCUT2D eigenvalue weighted by molar-refractivity contribution is 9.11. The van der Waals surface area contributed by atoms with Crippen molar-refractivity contribution in [3.8, 4) is 5.75 Å². The van der Waals surface area contributed by atoms with Gasteiger partial charge in [-0.15, -0.1) is 0 Å². The zero-order chi connectivity index (χ0) is 8.27. The summed E-state index contributed by atoms with van der Waals surface area (Å²) >= 11 is 12.0. The number of rotatable bonds is 2. The average Bonchev–Trinajstić information content (AvgIpc) is 1.85. The second kappa shape index (κ2) is 4.33. The molecule has 0 fully saturated rings. The third kappa shape index (κ3) is 3.01. The summed E-state index contributed by atoms with van der Waals surface area (Å²) in [4.78, 5) is 0. The van der Waals surface area contributed by atoms with Crippen LogP contribution < -0.4 is 4.74 Å². The summed E-state index contributed by atoms with van der Waals surface area (Å²) in [5.41, 5.74) is 0. The van der Waals surface area contributed by atoms with E-state index in [0.717, 1.165) is 14.7 Å². The van der Waals surface area contributed by atoms with Crippen molar-refractivity contribution in [2.45, 2.75) is 0 Å². The van der Waals surface area contributed by atoms with Gasteiger partial charge in [-0.1, -0.05) is 43.5 Å². The number of hydrogen-bond donors (Lipinski definition) is 0. The SMILES string of the molecule is ClCOc1cc(Br)cc(Br)c1. The van der Waals surface area contributed by atoms with Gasteiger partial charge in [0.1, 0.15) is 5.75 Å². The van der Waals surface area contributed by atoms with Crippen molar-refractivity contribution < 1.29 is 4.74 Å². The van der Waals surface area contributed by atoms with Crippen LogP contribution in [0.4, 0.5) is 0 Å². The Morgan fingerprint density at radius 3 is 2.18 bits per heavy atom. The summed E-state index contributed by atoms with van der Waals surface area (Å²) in [6.45, 7) is 0. The van der Waals surface area contributed by atoms with Gasteiger partial charge < -0.3 is 4.74 Å². The third-order valence-electron chi connectivity index (χ3n) is 1.06. The fourth-order valence-electron chi connectivity index (χ4n) is 0.675. The molecule has 0 unspecified atom stereocenters. The van der Waals surface area contributed by atoms with Gasteiger partial charge in [-0.3, -0.25) is 0 Å². The first-order valence-electron chi connectivity index (χ1n) is 2.87. The highest BCUT2D eigenvalue weighted by Gasteiger charge is 1.96. The van der Waals surface area contributed by atoms with Gasteiger partial charge in [-0.25, -0.2) is 0 Å². The van der Waals surface area contributed by atoms with E-state index >= 15 is 0 Å². The maximum absolute atomic E-state index is 5.39. The van der Waals surface area contributed by atoms with Crippen molar-refractivity contribution in [2.75, 3.05) is 6.07 Å². The number of ether oxygens (including phenoxy) is 1. The molecule has 1 rings (SSSR count). The van der Waals surface area contributed by atoms with Crippen LogP contribution in [-0.4, -0.2) is 6.07 Å². The molecule has 60 valence electrons. The minimum Gasteiger partial charge on any atom is -0.478 e. The van der Waals surface area contributed by atoms with Crippen molar-refractivity contribution >= 4 is 43.5 Å². The normalized spacial score (nSPS) is 9.73. The Morgan fingerprint density at radius 1 is 1.18 bits per heavy atom. The molecule has 0 atom stereocenters. The topological polar surface area (TPSA) is 9.23 Å². The molecule has 4 heteroatoms. The van der Waals surface area contributed by atoms with E-state index < -0.39 is 0 Å². The molecule has 0 heterocycles. The molecule has 0 amide bonds. The zero-order valence-corrected chi connectivity index (χ0v) is 9.41. The van der Waals surface area contributed by atoms with Crippen LogP contribution in [0, 0.1) is 0 Å².